The van der Waals surface area contributed by atoms with E-state index in [1.807, 2.05) is 0 Å². The molecule has 2 aliphatic heterocycles. The van der Waals surface area contributed by atoms with Gasteiger partial charge in [-0.25, -0.2) is 0 Å². The van der Waals surface area contributed by atoms with Gasteiger partial charge >= 0.3 is 0 Å². The van der Waals surface area contributed by atoms with Crippen LogP contribution in [0.4, 0.5) is 11.4 Å². The normalized spacial score (nSPS) is 23.9. The molecule has 0 spiro atoms. The Morgan fingerprint density at radius 3 is 2.94 bits per heavy atom. The maximum absolute atomic E-state index is 3.49. The molecule has 2 aliphatic rings. The third-order valence-electron chi connectivity index (χ3n) is 3.69. The smallest absolute Gasteiger partial charge is 0.0608 e. The van der Waals surface area contributed by atoms with Crippen molar-refractivity contribution in [3.63, 3.8) is 0 Å². The molecule has 1 unspecified atom stereocenters. The molecule has 1 aromatic rings. The van der Waals surface area contributed by atoms with Gasteiger partial charge in [0, 0.05) is 32.7 Å². The SMILES string of the molecule is CCN1CC2CNCCN2c2ccccc21. The zero-order chi connectivity index (χ0) is 11.0. The second kappa shape index (κ2) is 3.98. The molecule has 0 bridgehead atoms. The van der Waals surface area contributed by atoms with Crippen molar-refractivity contribution >= 4 is 11.4 Å². The standard InChI is InChI=1S/C13H19N3/c1-2-15-10-11-9-14-7-8-16(11)13-6-4-3-5-12(13)15/h3-6,11,14H,2,7-10H2,1H3. The van der Waals surface area contributed by atoms with Crippen molar-refractivity contribution in [1.82, 2.24) is 5.32 Å². The van der Waals surface area contributed by atoms with Crippen molar-refractivity contribution in [2.75, 3.05) is 42.5 Å². The van der Waals surface area contributed by atoms with E-state index in [0.717, 1.165) is 32.7 Å². The number of anilines is 2. The summed E-state index contributed by atoms with van der Waals surface area (Å²) in [6, 6.07) is 9.44. The highest BCUT2D eigenvalue weighted by molar-refractivity contribution is 5.74. The summed E-state index contributed by atoms with van der Waals surface area (Å²) in [5.41, 5.74) is 2.82. The average Bonchev–Trinajstić information content (AvgIpc) is 2.38. The van der Waals surface area contributed by atoms with E-state index in [2.05, 4.69) is 46.3 Å². The van der Waals surface area contributed by atoms with Crippen LogP contribution >= 0.6 is 0 Å². The number of para-hydroxylation sites is 2. The van der Waals surface area contributed by atoms with Gasteiger partial charge in [0.2, 0.25) is 0 Å². The summed E-state index contributed by atoms with van der Waals surface area (Å²) in [5, 5.41) is 3.49. The Bertz CT molecular complexity index is 377. The molecule has 0 aliphatic carbocycles. The minimum Gasteiger partial charge on any atom is -0.368 e. The number of fused-ring (bicyclic) bond motifs is 3. The van der Waals surface area contributed by atoms with Gasteiger partial charge in [0.1, 0.15) is 0 Å². The van der Waals surface area contributed by atoms with E-state index < -0.39 is 0 Å². The summed E-state index contributed by atoms with van der Waals surface area (Å²) in [7, 11) is 0. The van der Waals surface area contributed by atoms with Crippen LogP contribution in [-0.2, 0) is 0 Å². The summed E-state index contributed by atoms with van der Waals surface area (Å²) < 4.78 is 0. The van der Waals surface area contributed by atoms with Crippen molar-refractivity contribution in [3.8, 4) is 0 Å². The summed E-state index contributed by atoms with van der Waals surface area (Å²) in [6.45, 7) is 7.85. The lowest BCUT2D eigenvalue weighted by Gasteiger charge is -2.46. The molecule has 3 nitrogen and oxygen atoms in total. The van der Waals surface area contributed by atoms with Crippen LogP contribution in [0.1, 0.15) is 6.92 Å². The van der Waals surface area contributed by atoms with Gasteiger partial charge < -0.3 is 15.1 Å². The zero-order valence-corrected chi connectivity index (χ0v) is 9.82. The second-order valence-electron chi connectivity index (χ2n) is 4.58. The predicted octanol–water partition coefficient (Wildman–Crippen LogP) is 1.30. The first-order valence-corrected chi connectivity index (χ1v) is 6.21. The lowest BCUT2D eigenvalue weighted by Crippen LogP contribution is -2.58. The molecule has 1 fully saturated rings. The van der Waals surface area contributed by atoms with Gasteiger partial charge in [-0.2, -0.15) is 0 Å². The van der Waals surface area contributed by atoms with Gasteiger partial charge in [-0.05, 0) is 19.1 Å². The molecule has 1 aromatic carbocycles. The molecule has 16 heavy (non-hydrogen) atoms. The van der Waals surface area contributed by atoms with Crippen molar-refractivity contribution in [2.45, 2.75) is 13.0 Å². The summed E-state index contributed by atoms with van der Waals surface area (Å²) in [6.07, 6.45) is 0. The number of benzene rings is 1. The average molecular weight is 217 g/mol. The van der Waals surface area contributed by atoms with Gasteiger partial charge in [-0.3, -0.25) is 0 Å². The summed E-state index contributed by atoms with van der Waals surface area (Å²) >= 11 is 0. The topological polar surface area (TPSA) is 18.5 Å². The van der Waals surface area contributed by atoms with Gasteiger partial charge in [-0.15, -0.1) is 0 Å². The quantitative estimate of drug-likeness (QED) is 0.765. The number of hydrogen-bond acceptors (Lipinski definition) is 3. The minimum atomic E-state index is 0.642. The Labute approximate surface area is 97.0 Å². The molecule has 0 aromatic heterocycles. The van der Waals surface area contributed by atoms with Crippen molar-refractivity contribution in [1.29, 1.82) is 0 Å². The van der Waals surface area contributed by atoms with Crippen molar-refractivity contribution in [3.05, 3.63) is 24.3 Å². The number of rotatable bonds is 1. The first-order valence-electron chi connectivity index (χ1n) is 6.21. The fourth-order valence-electron chi connectivity index (χ4n) is 2.87. The molecule has 2 heterocycles. The maximum Gasteiger partial charge on any atom is 0.0608 e. The predicted molar refractivity (Wildman–Crippen MR) is 68.3 cm³/mol. The number of piperazine rings is 1. The number of nitrogens with one attached hydrogen (secondary N) is 1. The first kappa shape index (κ1) is 9.97. The molecule has 3 rings (SSSR count). The number of likely N-dealkylation sites (N-methyl/N-ethyl adjacent to an activating group) is 1. The van der Waals surface area contributed by atoms with Gasteiger partial charge in [0.25, 0.3) is 0 Å². The lowest BCUT2D eigenvalue weighted by atomic mass is 10.0. The molecule has 0 amide bonds. The van der Waals surface area contributed by atoms with E-state index in [0.29, 0.717) is 6.04 Å². The minimum absolute atomic E-state index is 0.642. The zero-order valence-electron chi connectivity index (χ0n) is 9.82. The van der Waals surface area contributed by atoms with Crippen molar-refractivity contribution < 1.29 is 0 Å². The molecule has 3 heteroatoms. The summed E-state index contributed by atoms with van der Waals surface area (Å²) in [5.74, 6) is 0. The van der Waals surface area contributed by atoms with Crippen LogP contribution in [0, 0.1) is 0 Å². The molecule has 86 valence electrons. The molecule has 1 atom stereocenters. The molecule has 0 saturated carbocycles. The Balaban J connectivity index is 2.01. The number of hydrogen-bond donors (Lipinski definition) is 1. The monoisotopic (exact) mass is 217 g/mol. The van der Waals surface area contributed by atoms with Gasteiger partial charge in [0.05, 0.1) is 17.4 Å². The van der Waals surface area contributed by atoms with Gasteiger partial charge in [0.15, 0.2) is 0 Å². The molecule has 1 saturated heterocycles. The highest BCUT2D eigenvalue weighted by Gasteiger charge is 2.31. The van der Waals surface area contributed by atoms with Crippen LogP contribution in [0.15, 0.2) is 24.3 Å². The fraction of sp³-hybridized carbons (Fsp3) is 0.538. The van der Waals surface area contributed by atoms with Crippen LogP contribution in [0.2, 0.25) is 0 Å². The van der Waals surface area contributed by atoms with E-state index in [4.69, 9.17) is 0 Å². The Hall–Kier alpha value is -1.22. The Morgan fingerprint density at radius 2 is 2.12 bits per heavy atom. The molecular weight excluding hydrogens is 198 g/mol. The fourth-order valence-corrected chi connectivity index (χ4v) is 2.87. The van der Waals surface area contributed by atoms with E-state index in [1.165, 1.54) is 11.4 Å². The third-order valence-corrected chi connectivity index (χ3v) is 3.69. The van der Waals surface area contributed by atoms with Crippen molar-refractivity contribution in [2.24, 2.45) is 0 Å². The van der Waals surface area contributed by atoms with Crippen LogP contribution in [0.3, 0.4) is 0 Å². The molecule has 1 N–H and O–H groups in total. The molecule has 0 radical (unpaired) electrons. The van der Waals surface area contributed by atoms with E-state index in [1.54, 1.807) is 0 Å². The van der Waals surface area contributed by atoms with Gasteiger partial charge in [-0.1, -0.05) is 12.1 Å². The first-order chi connectivity index (χ1) is 7.90. The Morgan fingerprint density at radius 1 is 1.31 bits per heavy atom. The van der Waals surface area contributed by atoms with Crippen LogP contribution < -0.4 is 15.1 Å². The van der Waals surface area contributed by atoms with E-state index >= 15 is 0 Å². The van der Waals surface area contributed by atoms with E-state index in [9.17, 15) is 0 Å². The largest absolute Gasteiger partial charge is 0.368 e. The van der Waals surface area contributed by atoms with Crippen LogP contribution in [0.5, 0.6) is 0 Å². The third kappa shape index (κ3) is 1.47. The Kier molecular flexibility index (Phi) is 2.48. The van der Waals surface area contributed by atoms with E-state index in [-0.39, 0.29) is 0 Å². The molecular formula is C13H19N3. The second-order valence-corrected chi connectivity index (χ2v) is 4.58. The van der Waals surface area contributed by atoms with Crippen LogP contribution in [0.25, 0.3) is 0 Å². The lowest BCUT2D eigenvalue weighted by molar-refractivity contribution is 0.461. The maximum atomic E-state index is 3.49. The highest BCUT2D eigenvalue weighted by atomic mass is 15.3. The van der Waals surface area contributed by atoms with Crippen LogP contribution in [-0.4, -0.2) is 38.8 Å². The highest BCUT2D eigenvalue weighted by Crippen LogP contribution is 2.35. The number of nitrogens with zero attached hydrogens (tertiary/aromatic N) is 2. The summed E-state index contributed by atoms with van der Waals surface area (Å²) in [4.78, 5) is 5.06.